The van der Waals surface area contributed by atoms with Gasteiger partial charge in [-0.1, -0.05) is 23.4 Å². The maximum Gasteiger partial charge on any atom is 0.471 e. The van der Waals surface area contributed by atoms with E-state index in [9.17, 15) is 17.4 Å². The molecule has 2 aromatic heterocycles. The summed E-state index contributed by atoms with van der Waals surface area (Å²) < 4.78 is 56.1. The zero-order valence-corrected chi connectivity index (χ0v) is 15.5. The molecule has 10 heteroatoms. The number of aromatic nitrogens is 4. The molecule has 0 aliphatic rings. The van der Waals surface area contributed by atoms with Crippen molar-refractivity contribution in [2.24, 2.45) is 0 Å². The van der Waals surface area contributed by atoms with Crippen LogP contribution in [0.2, 0.25) is 0 Å². The molecule has 4 rings (SSSR count). The van der Waals surface area contributed by atoms with Crippen molar-refractivity contribution in [2.45, 2.75) is 16.8 Å². The SMILES string of the molecule is O=S(Cc1cn(-c2ccc(-c3noc(C(F)(F)F)n3)cc2)cn1)c1ccccc1. The fraction of sp³-hybridized carbons (Fsp3) is 0.105. The van der Waals surface area contributed by atoms with Crippen molar-refractivity contribution in [2.75, 3.05) is 0 Å². The number of nitrogens with zero attached hydrogens (tertiary/aromatic N) is 4. The van der Waals surface area contributed by atoms with Crippen LogP contribution in [0.3, 0.4) is 0 Å². The van der Waals surface area contributed by atoms with Crippen molar-refractivity contribution in [3.63, 3.8) is 0 Å². The Balaban J connectivity index is 1.49. The summed E-state index contributed by atoms with van der Waals surface area (Å²) in [6.07, 6.45) is -1.34. The normalized spacial score (nSPS) is 12.8. The lowest BCUT2D eigenvalue weighted by Crippen LogP contribution is -2.04. The van der Waals surface area contributed by atoms with Crippen LogP contribution in [0.1, 0.15) is 11.6 Å². The summed E-state index contributed by atoms with van der Waals surface area (Å²) in [7, 11) is -1.21. The third kappa shape index (κ3) is 4.27. The van der Waals surface area contributed by atoms with E-state index in [4.69, 9.17) is 0 Å². The van der Waals surface area contributed by atoms with Crippen LogP contribution in [-0.2, 0) is 22.7 Å². The van der Waals surface area contributed by atoms with Crippen LogP contribution < -0.4 is 0 Å². The first kappa shape index (κ1) is 19.1. The molecule has 6 nitrogen and oxygen atoms in total. The highest BCUT2D eigenvalue weighted by Crippen LogP contribution is 2.29. The van der Waals surface area contributed by atoms with Gasteiger partial charge < -0.3 is 9.09 Å². The van der Waals surface area contributed by atoms with Crippen LogP contribution >= 0.6 is 0 Å². The number of hydrogen-bond acceptors (Lipinski definition) is 5. The van der Waals surface area contributed by atoms with Gasteiger partial charge in [0.2, 0.25) is 5.82 Å². The van der Waals surface area contributed by atoms with Gasteiger partial charge in [-0.05, 0) is 36.4 Å². The first-order valence-electron chi connectivity index (χ1n) is 8.38. The third-order valence-corrected chi connectivity index (χ3v) is 5.37. The van der Waals surface area contributed by atoms with Crippen LogP contribution in [0.15, 0.2) is 76.5 Å². The molecule has 1 unspecified atom stereocenters. The molecule has 0 spiro atoms. The van der Waals surface area contributed by atoms with Crippen molar-refractivity contribution >= 4 is 10.8 Å². The fourth-order valence-electron chi connectivity index (χ4n) is 2.61. The molecule has 0 fully saturated rings. The highest BCUT2D eigenvalue weighted by molar-refractivity contribution is 7.84. The summed E-state index contributed by atoms with van der Waals surface area (Å²) >= 11 is 0. The average molecular weight is 418 g/mol. The minimum absolute atomic E-state index is 0.145. The summed E-state index contributed by atoms with van der Waals surface area (Å²) in [6.45, 7) is 0. The van der Waals surface area contributed by atoms with Crippen molar-refractivity contribution < 1.29 is 21.9 Å². The maximum absolute atomic E-state index is 12.6. The Morgan fingerprint density at radius 3 is 2.41 bits per heavy atom. The van der Waals surface area contributed by atoms with Crippen LogP contribution in [0.25, 0.3) is 17.1 Å². The third-order valence-electron chi connectivity index (χ3n) is 4.01. The van der Waals surface area contributed by atoms with E-state index in [0.717, 1.165) is 10.6 Å². The highest BCUT2D eigenvalue weighted by Gasteiger charge is 2.38. The molecule has 0 bridgehead atoms. The van der Waals surface area contributed by atoms with E-state index in [2.05, 4.69) is 19.6 Å². The second-order valence-corrected chi connectivity index (χ2v) is 7.49. The molecule has 0 saturated heterocycles. The molecule has 0 aliphatic heterocycles. The molecule has 1 atom stereocenters. The van der Waals surface area contributed by atoms with Gasteiger partial charge in [0, 0.05) is 22.3 Å². The highest BCUT2D eigenvalue weighted by atomic mass is 32.2. The predicted molar refractivity (Wildman–Crippen MR) is 98.4 cm³/mol. The number of rotatable bonds is 5. The van der Waals surface area contributed by atoms with Crippen molar-refractivity contribution in [3.8, 4) is 17.1 Å². The largest absolute Gasteiger partial charge is 0.471 e. The zero-order chi connectivity index (χ0) is 20.4. The van der Waals surface area contributed by atoms with Gasteiger partial charge >= 0.3 is 12.1 Å². The van der Waals surface area contributed by atoms with E-state index in [1.807, 2.05) is 18.2 Å². The Bertz CT molecular complexity index is 1140. The lowest BCUT2D eigenvalue weighted by atomic mass is 10.2. The smallest absolute Gasteiger partial charge is 0.329 e. The second kappa shape index (κ2) is 7.63. The number of imidazole rings is 1. The van der Waals surface area contributed by atoms with Gasteiger partial charge in [-0.25, -0.2) is 4.98 Å². The molecule has 2 aromatic carbocycles. The van der Waals surface area contributed by atoms with Gasteiger partial charge in [-0.3, -0.25) is 4.21 Å². The molecule has 2 heterocycles. The predicted octanol–water partition coefficient (Wildman–Crippen LogP) is 4.25. The van der Waals surface area contributed by atoms with Crippen LogP contribution in [0.5, 0.6) is 0 Å². The zero-order valence-electron chi connectivity index (χ0n) is 14.7. The number of halogens is 3. The molecule has 0 amide bonds. The standard InChI is InChI=1S/C19H13F3N4O2S/c20-19(21,22)18-24-17(25-28-18)13-6-8-15(9-7-13)26-10-14(23-12-26)11-29(27)16-4-2-1-3-5-16/h1-10,12H,11H2. The fourth-order valence-corrected chi connectivity index (χ4v) is 3.65. The lowest BCUT2D eigenvalue weighted by Gasteiger charge is -2.03. The number of hydrogen-bond donors (Lipinski definition) is 0. The molecule has 0 aliphatic carbocycles. The van der Waals surface area contributed by atoms with E-state index in [1.54, 1.807) is 53.5 Å². The van der Waals surface area contributed by atoms with E-state index < -0.39 is 22.9 Å². The van der Waals surface area contributed by atoms with E-state index in [1.165, 1.54) is 0 Å². The molecule has 148 valence electrons. The molecule has 29 heavy (non-hydrogen) atoms. The minimum atomic E-state index is -4.68. The summed E-state index contributed by atoms with van der Waals surface area (Å²) in [5.74, 6) is -1.26. The van der Waals surface area contributed by atoms with Gasteiger partial charge in [0.25, 0.3) is 0 Å². The molecule has 0 N–H and O–H groups in total. The quantitative estimate of drug-likeness (QED) is 0.485. The van der Waals surface area contributed by atoms with Gasteiger partial charge in [-0.2, -0.15) is 18.2 Å². The van der Waals surface area contributed by atoms with Crippen molar-refractivity contribution in [1.29, 1.82) is 0 Å². The van der Waals surface area contributed by atoms with Gasteiger partial charge in [-0.15, -0.1) is 0 Å². The van der Waals surface area contributed by atoms with Gasteiger partial charge in [0.1, 0.15) is 0 Å². The Hall–Kier alpha value is -3.27. The molecular formula is C19H13F3N4O2S. The summed E-state index contributed by atoms with van der Waals surface area (Å²) in [6, 6.07) is 15.7. The summed E-state index contributed by atoms with van der Waals surface area (Å²) in [5, 5.41) is 3.36. The van der Waals surface area contributed by atoms with Gasteiger partial charge in [0.15, 0.2) is 0 Å². The van der Waals surface area contributed by atoms with Crippen molar-refractivity contribution in [3.05, 3.63) is 78.7 Å². The summed E-state index contributed by atoms with van der Waals surface area (Å²) in [5.41, 5.74) is 1.78. The van der Waals surface area contributed by atoms with E-state index in [-0.39, 0.29) is 11.6 Å². The van der Waals surface area contributed by atoms with Crippen molar-refractivity contribution in [1.82, 2.24) is 19.7 Å². The molecular weight excluding hydrogens is 405 g/mol. The first-order chi connectivity index (χ1) is 13.9. The Morgan fingerprint density at radius 1 is 1.03 bits per heavy atom. The van der Waals surface area contributed by atoms with Crippen LogP contribution in [0, 0.1) is 0 Å². The summed E-state index contributed by atoms with van der Waals surface area (Å²) in [4.78, 5) is 8.36. The monoisotopic (exact) mass is 418 g/mol. The Labute approximate surface area is 165 Å². The number of alkyl halides is 3. The Kier molecular flexibility index (Phi) is 5.01. The van der Waals surface area contributed by atoms with E-state index >= 15 is 0 Å². The molecule has 0 radical (unpaired) electrons. The number of benzene rings is 2. The Morgan fingerprint density at radius 2 is 1.76 bits per heavy atom. The first-order valence-corrected chi connectivity index (χ1v) is 9.70. The second-order valence-electron chi connectivity index (χ2n) is 6.04. The van der Waals surface area contributed by atoms with Crippen LogP contribution in [-0.4, -0.2) is 23.9 Å². The topological polar surface area (TPSA) is 73.8 Å². The maximum atomic E-state index is 12.6. The van der Waals surface area contributed by atoms with E-state index in [0.29, 0.717) is 11.3 Å². The molecule has 0 saturated carbocycles. The molecule has 4 aromatic rings. The minimum Gasteiger partial charge on any atom is -0.329 e. The van der Waals surface area contributed by atoms with Gasteiger partial charge in [0.05, 0.1) is 28.6 Å². The van der Waals surface area contributed by atoms with Crippen LogP contribution in [0.4, 0.5) is 13.2 Å². The lowest BCUT2D eigenvalue weighted by molar-refractivity contribution is -0.159. The average Bonchev–Trinajstić information content (AvgIpc) is 3.38.